The lowest BCUT2D eigenvalue weighted by Gasteiger charge is -2.37. The van der Waals surface area contributed by atoms with Gasteiger partial charge < -0.3 is 5.11 Å². The molecule has 3 aromatic rings. The summed E-state index contributed by atoms with van der Waals surface area (Å²) in [6, 6.07) is 7.72. The molecule has 1 fully saturated rings. The molecule has 2 heterocycles. The molecule has 0 spiro atoms. The SMILES string of the molecule is CC1(C)C2(C(=O)O)CC[C@]1(C)c1nc3c(ccc4ncccc43)nc12. The molecule has 0 saturated heterocycles. The van der Waals surface area contributed by atoms with Crippen molar-refractivity contribution in [3.63, 3.8) is 0 Å². The summed E-state index contributed by atoms with van der Waals surface area (Å²) in [4.78, 5) is 26.6. The lowest BCUT2D eigenvalue weighted by Crippen LogP contribution is -2.45. The highest BCUT2D eigenvalue weighted by Crippen LogP contribution is 2.70. The molecule has 1 aromatic carbocycles. The first kappa shape index (κ1) is 14.8. The molecule has 2 aliphatic carbocycles. The standard InChI is InChI=1S/C20H19N3O2/c1-18(2)19(3)8-9-20(18,17(24)25)16-15(19)23-14-11-5-4-10-21-12(11)6-7-13(14)22-16/h4-7,10H,8-9H2,1-3H3,(H,24,25)/t19-,20?/m1/s1. The maximum atomic E-state index is 12.4. The Bertz CT molecular complexity index is 1090. The second kappa shape index (κ2) is 4.15. The van der Waals surface area contributed by atoms with Crippen LogP contribution in [0.1, 0.15) is 45.0 Å². The van der Waals surface area contributed by atoms with Crippen LogP contribution in [0, 0.1) is 5.41 Å². The van der Waals surface area contributed by atoms with Gasteiger partial charge in [0.2, 0.25) is 0 Å². The van der Waals surface area contributed by atoms with Gasteiger partial charge in [-0.05, 0) is 42.5 Å². The van der Waals surface area contributed by atoms with Crippen LogP contribution in [-0.4, -0.2) is 26.0 Å². The van der Waals surface area contributed by atoms with Crippen LogP contribution in [0.5, 0.6) is 0 Å². The fourth-order valence-electron chi connectivity index (χ4n) is 5.19. The minimum absolute atomic E-state index is 0.285. The highest BCUT2D eigenvalue weighted by atomic mass is 16.4. The average molecular weight is 333 g/mol. The maximum absolute atomic E-state index is 12.4. The fraction of sp³-hybridized carbons (Fsp3) is 0.400. The second-order valence-corrected chi connectivity index (χ2v) is 8.09. The molecule has 25 heavy (non-hydrogen) atoms. The number of hydrogen-bond acceptors (Lipinski definition) is 4. The van der Waals surface area contributed by atoms with Gasteiger partial charge in [-0.2, -0.15) is 0 Å². The first-order valence-corrected chi connectivity index (χ1v) is 8.63. The highest BCUT2D eigenvalue weighted by Gasteiger charge is 2.73. The van der Waals surface area contributed by atoms with Gasteiger partial charge in [0.1, 0.15) is 5.41 Å². The van der Waals surface area contributed by atoms with Gasteiger partial charge >= 0.3 is 5.97 Å². The molecule has 2 aromatic heterocycles. The predicted molar refractivity (Wildman–Crippen MR) is 94.5 cm³/mol. The number of carboxylic acid groups (broad SMARTS) is 1. The van der Waals surface area contributed by atoms with Gasteiger partial charge in [-0.1, -0.05) is 20.8 Å². The van der Waals surface area contributed by atoms with E-state index in [-0.39, 0.29) is 5.41 Å². The first-order valence-electron chi connectivity index (χ1n) is 8.63. The zero-order valence-corrected chi connectivity index (χ0v) is 14.5. The van der Waals surface area contributed by atoms with E-state index in [9.17, 15) is 9.90 Å². The van der Waals surface area contributed by atoms with Gasteiger partial charge in [0, 0.05) is 17.0 Å². The molecule has 0 radical (unpaired) electrons. The van der Waals surface area contributed by atoms with E-state index >= 15 is 0 Å². The summed E-state index contributed by atoms with van der Waals surface area (Å²) in [6.07, 6.45) is 3.21. The van der Waals surface area contributed by atoms with Crippen LogP contribution in [0.2, 0.25) is 0 Å². The molecule has 0 amide bonds. The second-order valence-electron chi connectivity index (χ2n) is 8.09. The van der Waals surface area contributed by atoms with Crippen molar-refractivity contribution in [1.29, 1.82) is 0 Å². The third kappa shape index (κ3) is 1.39. The number of hydrogen-bond donors (Lipinski definition) is 1. The van der Waals surface area contributed by atoms with Crippen LogP contribution in [0.25, 0.3) is 21.9 Å². The summed E-state index contributed by atoms with van der Waals surface area (Å²) in [7, 11) is 0. The van der Waals surface area contributed by atoms with E-state index < -0.39 is 16.8 Å². The molecule has 1 N–H and O–H groups in total. The van der Waals surface area contributed by atoms with Gasteiger partial charge in [-0.15, -0.1) is 0 Å². The number of aromatic nitrogens is 3. The number of nitrogens with zero attached hydrogens (tertiary/aromatic N) is 3. The van der Waals surface area contributed by atoms with Crippen molar-refractivity contribution in [2.45, 2.75) is 44.4 Å². The Kier molecular flexibility index (Phi) is 2.45. The molecule has 5 rings (SSSR count). The van der Waals surface area contributed by atoms with Gasteiger partial charge in [-0.25, -0.2) is 9.97 Å². The van der Waals surface area contributed by atoms with Crippen molar-refractivity contribution in [1.82, 2.24) is 15.0 Å². The Morgan fingerprint density at radius 1 is 1.04 bits per heavy atom. The molecule has 126 valence electrons. The Hall–Kier alpha value is -2.56. The third-order valence-electron chi connectivity index (χ3n) is 7.15. The van der Waals surface area contributed by atoms with Gasteiger partial charge in [-0.3, -0.25) is 9.78 Å². The summed E-state index contributed by atoms with van der Waals surface area (Å²) in [6.45, 7) is 6.26. The molecule has 2 bridgehead atoms. The predicted octanol–water partition coefficient (Wildman–Crippen LogP) is 3.59. The van der Waals surface area contributed by atoms with Crippen LogP contribution in [0.3, 0.4) is 0 Å². The molecule has 1 unspecified atom stereocenters. The van der Waals surface area contributed by atoms with Crippen LogP contribution >= 0.6 is 0 Å². The summed E-state index contributed by atoms with van der Waals surface area (Å²) in [5, 5.41) is 11.1. The Morgan fingerprint density at radius 3 is 2.56 bits per heavy atom. The van der Waals surface area contributed by atoms with Gasteiger partial charge in [0.25, 0.3) is 0 Å². The normalized spacial score (nSPS) is 29.2. The summed E-state index contributed by atoms with van der Waals surface area (Å²) in [5.74, 6) is -0.781. The van der Waals surface area contributed by atoms with Crippen molar-refractivity contribution >= 4 is 27.9 Å². The Balaban J connectivity index is 1.95. The number of carboxylic acids is 1. The topological polar surface area (TPSA) is 76.0 Å². The smallest absolute Gasteiger partial charge is 0.316 e. The van der Waals surface area contributed by atoms with Crippen molar-refractivity contribution in [3.8, 4) is 0 Å². The molecular weight excluding hydrogens is 314 g/mol. The number of rotatable bonds is 1. The lowest BCUT2D eigenvalue weighted by molar-refractivity contribution is -0.148. The van der Waals surface area contributed by atoms with E-state index in [0.717, 1.165) is 34.1 Å². The van der Waals surface area contributed by atoms with Crippen molar-refractivity contribution < 1.29 is 9.90 Å². The molecule has 5 nitrogen and oxygen atoms in total. The summed E-state index contributed by atoms with van der Waals surface area (Å²) in [5.41, 5.74) is 2.28. The number of benzene rings is 1. The first-order chi connectivity index (χ1) is 11.8. The van der Waals surface area contributed by atoms with E-state index in [1.54, 1.807) is 6.20 Å². The average Bonchev–Trinajstić information content (AvgIpc) is 2.89. The summed E-state index contributed by atoms with van der Waals surface area (Å²) >= 11 is 0. The zero-order valence-electron chi connectivity index (χ0n) is 14.5. The van der Waals surface area contributed by atoms with E-state index in [2.05, 4.69) is 25.8 Å². The maximum Gasteiger partial charge on any atom is 0.316 e. The minimum atomic E-state index is -0.956. The number of fused-ring (bicyclic) bond motifs is 8. The van der Waals surface area contributed by atoms with Crippen molar-refractivity contribution in [3.05, 3.63) is 41.9 Å². The van der Waals surface area contributed by atoms with E-state index in [1.807, 2.05) is 24.3 Å². The molecule has 1 saturated carbocycles. The largest absolute Gasteiger partial charge is 0.481 e. The quantitative estimate of drug-likeness (QED) is 0.689. The van der Waals surface area contributed by atoms with E-state index in [1.165, 1.54) is 0 Å². The zero-order chi connectivity index (χ0) is 17.6. The van der Waals surface area contributed by atoms with Crippen molar-refractivity contribution in [2.24, 2.45) is 5.41 Å². The molecular formula is C20H19N3O2. The molecule has 2 atom stereocenters. The molecule has 5 heteroatoms. The van der Waals surface area contributed by atoms with E-state index in [4.69, 9.17) is 9.97 Å². The lowest BCUT2D eigenvalue weighted by atomic mass is 9.64. The fourth-order valence-corrected chi connectivity index (χ4v) is 5.19. The number of pyridine rings is 1. The van der Waals surface area contributed by atoms with Crippen molar-refractivity contribution in [2.75, 3.05) is 0 Å². The molecule has 0 aliphatic heterocycles. The van der Waals surface area contributed by atoms with Gasteiger partial charge in [0.05, 0.1) is 27.9 Å². The van der Waals surface area contributed by atoms with Crippen LogP contribution < -0.4 is 0 Å². The van der Waals surface area contributed by atoms with E-state index in [0.29, 0.717) is 12.1 Å². The Labute approximate surface area is 145 Å². The van der Waals surface area contributed by atoms with Gasteiger partial charge in [0.15, 0.2) is 0 Å². The van der Waals surface area contributed by atoms with Crippen LogP contribution in [0.15, 0.2) is 30.5 Å². The minimum Gasteiger partial charge on any atom is -0.481 e. The van der Waals surface area contributed by atoms with Crippen LogP contribution in [0.4, 0.5) is 0 Å². The number of aliphatic carboxylic acids is 1. The third-order valence-corrected chi connectivity index (χ3v) is 7.15. The summed E-state index contributed by atoms with van der Waals surface area (Å²) < 4.78 is 0. The Morgan fingerprint density at radius 2 is 1.80 bits per heavy atom. The number of carbonyl (C=O) groups is 1. The van der Waals surface area contributed by atoms with Crippen LogP contribution in [-0.2, 0) is 15.6 Å². The highest BCUT2D eigenvalue weighted by molar-refractivity contribution is 6.02. The molecule has 2 aliphatic rings. The monoisotopic (exact) mass is 333 g/mol.